The molecule has 0 fully saturated rings. The zero-order chi connectivity index (χ0) is 34.4. The molecule has 46 heavy (non-hydrogen) atoms. The van der Waals surface area contributed by atoms with E-state index >= 15 is 0 Å². The Morgan fingerprint density at radius 3 is 1.72 bits per heavy atom. The first-order valence-corrected chi connectivity index (χ1v) is 20.2. The largest absolute Gasteiger partial charge is 0.756 e. The summed E-state index contributed by atoms with van der Waals surface area (Å²) in [5, 5.41) is 13.6. The average Bonchev–Trinajstić information content (AvgIpc) is 2.99. The molecular formula is C37H73N2O6P. The van der Waals surface area contributed by atoms with Crippen LogP contribution in [-0.4, -0.2) is 68.5 Å². The lowest BCUT2D eigenvalue weighted by Gasteiger charge is -2.29. The Morgan fingerprint density at radius 2 is 1.22 bits per heavy atom. The van der Waals surface area contributed by atoms with E-state index in [1.54, 1.807) is 6.08 Å². The Morgan fingerprint density at radius 1 is 0.739 bits per heavy atom. The lowest BCUT2D eigenvalue weighted by atomic mass is 10.0. The second kappa shape index (κ2) is 30.1. The lowest BCUT2D eigenvalue weighted by Crippen LogP contribution is -2.45. The molecule has 8 nitrogen and oxygen atoms in total. The Bertz CT molecular complexity index is 814. The fourth-order valence-corrected chi connectivity index (χ4v) is 5.84. The molecule has 0 saturated carbocycles. The fraction of sp³-hybridized carbons (Fsp3) is 0.865. The number of hydrogen-bond donors (Lipinski definition) is 2. The van der Waals surface area contributed by atoms with E-state index in [0.29, 0.717) is 17.4 Å². The van der Waals surface area contributed by atoms with Crippen molar-refractivity contribution in [1.29, 1.82) is 0 Å². The molecule has 0 aromatic carbocycles. The molecule has 0 saturated heterocycles. The van der Waals surface area contributed by atoms with Crippen LogP contribution in [0, 0.1) is 0 Å². The highest BCUT2D eigenvalue weighted by molar-refractivity contribution is 7.45. The molecule has 9 heteroatoms. The summed E-state index contributed by atoms with van der Waals surface area (Å²) in [7, 11) is 1.24. The van der Waals surface area contributed by atoms with Crippen molar-refractivity contribution >= 4 is 13.7 Å². The first-order valence-electron chi connectivity index (χ1n) is 18.7. The quantitative estimate of drug-likeness (QED) is 0.0312. The molecule has 0 aliphatic heterocycles. The smallest absolute Gasteiger partial charge is 0.268 e. The zero-order valence-corrected chi connectivity index (χ0v) is 31.4. The van der Waals surface area contributed by atoms with Crippen molar-refractivity contribution in [2.75, 3.05) is 40.9 Å². The topological polar surface area (TPSA) is 108 Å². The number of nitrogens with zero attached hydrogens (tertiary/aromatic N) is 1. The van der Waals surface area contributed by atoms with Gasteiger partial charge in [0.05, 0.1) is 39.9 Å². The first-order chi connectivity index (χ1) is 22.0. The molecule has 2 N–H and O–H groups in total. The third-order valence-electron chi connectivity index (χ3n) is 8.15. The van der Waals surface area contributed by atoms with Crippen molar-refractivity contribution in [3.05, 3.63) is 24.3 Å². The summed E-state index contributed by atoms with van der Waals surface area (Å²) in [6.07, 6.45) is 32.5. The van der Waals surface area contributed by atoms with E-state index in [9.17, 15) is 19.4 Å². The minimum Gasteiger partial charge on any atom is -0.756 e. The molecule has 0 heterocycles. The monoisotopic (exact) mass is 673 g/mol. The van der Waals surface area contributed by atoms with Crippen LogP contribution in [0.25, 0.3) is 0 Å². The van der Waals surface area contributed by atoms with Crippen LogP contribution in [0.3, 0.4) is 0 Å². The second-order valence-electron chi connectivity index (χ2n) is 13.9. The van der Waals surface area contributed by atoms with Gasteiger partial charge in [-0.1, -0.05) is 147 Å². The third kappa shape index (κ3) is 31.6. The summed E-state index contributed by atoms with van der Waals surface area (Å²) in [4.78, 5) is 25.0. The second-order valence-corrected chi connectivity index (χ2v) is 15.3. The van der Waals surface area contributed by atoms with Crippen LogP contribution < -0.4 is 10.2 Å². The molecule has 272 valence electrons. The first kappa shape index (κ1) is 45.0. The van der Waals surface area contributed by atoms with Gasteiger partial charge >= 0.3 is 0 Å². The predicted molar refractivity (Wildman–Crippen MR) is 192 cm³/mol. The van der Waals surface area contributed by atoms with Gasteiger partial charge in [0.1, 0.15) is 13.2 Å². The van der Waals surface area contributed by atoms with Gasteiger partial charge in [0.15, 0.2) is 0 Å². The molecule has 0 aromatic rings. The van der Waals surface area contributed by atoms with Crippen molar-refractivity contribution in [3.8, 4) is 0 Å². The van der Waals surface area contributed by atoms with E-state index in [-0.39, 0.29) is 12.5 Å². The molecule has 1 amide bonds. The molecule has 0 aromatic heterocycles. The number of phosphoric acid groups is 1. The van der Waals surface area contributed by atoms with Gasteiger partial charge in [0.2, 0.25) is 5.91 Å². The number of aliphatic hydroxyl groups is 1. The average molecular weight is 673 g/mol. The van der Waals surface area contributed by atoms with Gasteiger partial charge in [-0.3, -0.25) is 9.36 Å². The Labute approximate surface area is 284 Å². The van der Waals surface area contributed by atoms with Crippen molar-refractivity contribution < 1.29 is 32.9 Å². The summed E-state index contributed by atoms with van der Waals surface area (Å²) >= 11 is 0. The van der Waals surface area contributed by atoms with E-state index in [4.69, 9.17) is 9.05 Å². The summed E-state index contributed by atoms with van der Waals surface area (Å²) < 4.78 is 23.0. The SMILES string of the molecule is CCC/C=C/CC/C=C/C(O)C(COP(=O)([O-])OCC[N+](C)(C)C)NC(=O)CCCCCCCCCCCCCCCCCCC. The van der Waals surface area contributed by atoms with Gasteiger partial charge in [0.25, 0.3) is 7.82 Å². The van der Waals surface area contributed by atoms with Gasteiger partial charge in [-0.05, 0) is 25.7 Å². The van der Waals surface area contributed by atoms with E-state index in [1.165, 1.54) is 89.9 Å². The highest BCUT2D eigenvalue weighted by Gasteiger charge is 2.23. The normalized spacial score (nSPS) is 15.0. The number of allylic oxidation sites excluding steroid dienone is 3. The van der Waals surface area contributed by atoms with Gasteiger partial charge in [-0.15, -0.1) is 0 Å². The molecule has 0 radical (unpaired) electrons. The number of quaternary nitrogens is 1. The van der Waals surface area contributed by atoms with E-state index in [2.05, 4.69) is 31.3 Å². The minimum atomic E-state index is -4.57. The lowest BCUT2D eigenvalue weighted by molar-refractivity contribution is -0.870. The van der Waals surface area contributed by atoms with Gasteiger partial charge in [-0.2, -0.15) is 0 Å². The highest BCUT2D eigenvalue weighted by atomic mass is 31.2. The Balaban J connectivity index is 4.35. The van der Waals surface area contributed by atoms with E-state index in [1.807, 2.05) is 27.2 Å². The number of rotatable bonds is 33. The molecule has 3 atom stereocenters. The number of aliphatic hydroxyl groups excluding tert-OH is 1. The number of carbonyl (C=O) groups excluding carboxylic acids is 1. The number of likely N-dealkylation sites (N-methyl/N-ethyl adjacent to an activating group) is 1. The minimum absolute atomic E-state index is 0.00534. The number of nitrogens with one attached hydrogen (secondary N) is 1. The van der Waals surface area contributed by atoms with Gasteiger partial charge in [-0.25, -0.2) is 0 Å². The van der Waals surface area contributed by atoms with Gasteiger partial charge < -0.3 is 28.8 Å². The van der Waals surface area contributed by atoms with Crippen LogP contribution in [0.5, 0.6) is 0 Å². The number of phosphoric ester groups is 1. The molecule has 3 unspecified atom stereocenters. The summed E-state index contributed by atoms with van der Waals surface area (Å²) in [6, 6.07) is -0.894. The maximum atomic E-state index is 12.7. The maximum Gasteiger partial charge on any atom is 0.268 e. The van der Waals surface area contributed by atoms with Crippen LogP contribution >= 0.6 is 7.82 Å². The molecule has 0 rings (SSSR count). The van der Waals surface area contributed by atoms with Crippen molar-refractivity contribution in [3.63, 3.8) is 0 Å². The highest BCUT2D eigenvalue weighted by Crippen LogP contribution is 2.38. The van der Waals surface area contributed by atoms with Crippen LogP contribution in [0.15, 0.2) is 24.3 Å². The summed E-state index contributed by atoms with van der Waals surface area (Å²) in [5.41, 5.74) is 0. The molecule has 0 aliphatic rings. The molecular weight excluding hydrogens is 599 g/mol. The predicted octanol–water partition coefficient (Wildman–Crippen LogP) is 8.77. The van der Waals surface area contributed by atoms with Crippen molar-refractivity contribution in [2.24, 2.45) is 0 Å². The van der Waals surface area contributed by atoms with Crippen LogP contribution in [0.4, 0.5) is 0 Å². The van der Waals surface area contributed by atoms with Crippen molar-refractivity contribution in [1.82, 2.24) is 5.32 Å². The Kier molecular flexibility index (Phi) is 29.4. The van der Waals surface area contributed by atoms with E-state index in [0.717, 1.165) is 44.9 Å². The molecule has 0 aliphatic carbocycles. The Hall–Kier alpha value is -1.02. The number of amides is 1. The van der Waals surface area contributed by atoms with E-state index < -0.39 is 26.6 Å². The third-order valence-corrected chi connectivity index (χ3v) is 9.11. The summed E-state index contributed by atoms with van der Waals surface area (Å²) in [6.45, 7) is 4.50. The standard InChI is InChI=1S/C37H73N2O6P/c1-6-8-10-12-14-15-16-17-18-19-20-21-22-23-25-27-29-31-37(41)38-35(36(40)30-28-26-24-13-11-9-7-2)34-45-46(42,43)44-33-32-39(3,4)5/h11,13,28,30,35-36,40H,6-10,12,14-27,29,31-34H2,1-5H3,(H-,38,41,42,43)/b13-11+,30-28+. The number of unbranched alkanes of at least 4 members (excludes halogenated alkanes) is 18. The number of hydrogen-bond acceptors (Lipinski definition) is 6. The van der Waals surface area contributed by atoms with Crippen molar-refractivity contribution in [2.45, 2.75) is 167 Å². The van der Waals surface area contributed by atoms with Crippen LogP contribution in [-0.2, 0) is 18.4 Å². The van der Waals surface area contributed by atoms with Gasteiger partial charge in [0, 0.05) is 6.42 Å². The summed E-state index contributed by atoms with van der Waals surface area (Å²) in [5.74, 6) is -0.212. The maximum absolute atomic E-state index is 12.7. The number of carbonyl (C=O) groups is 1. The fourth-order valence-electron chi connectivity index (χ4n) is 5.11. The van der Waals surface area contributed by atoms with Crippen LogP contribution in [0.2, 0.25) is 0 Å². The molecule has 0 spiro atoms. The zero-order valence-electron chi connectivity index (χ0n) is 30.5. The molecule has 0 bridgehead atoms. The van der Waals surface area contributed by atoms with Crippen LogP contribution in [0.1, 0.15) is 155 Å².